The fourth-order valence-electron chi connectivity index (χ4n) is 5.44. The van der Waals surface area contributed by atoms with Gasteiger partial charge in [-0.15, -0.1) is 29.7 Å². The summed E-state index contributed by atoms with van der Waals surface area (Å²) in [5.41, 5.74) is 5.49. The van der Waals surface area contributed by atoms with Gasteiger partial charge in [0.15, 0.2) is 0 Å². The summed E-state index contributed by atoms with van der Waals surface area (Å²) >= 11 is 0. The van der Waals surface area contributed by atoms with E-state index in [1.807, 2.05) is 98.6 Å². The maximum atomic E-state index is 14.2. The molecule has 8 aromatic rings. The molecule has 0 atom stereocenters. The average Bonchev–Trinajstić information content (AvgIpc) is 3.58. The first-order valence-electron chi connectivity index (χ1n) is 13.5. The van der Waals surface area contributed by atoms with Crippen LogP contribution in [0.4, 0.5) is 4.39 Å². The van der Waals surface area contributed by atoms with Crippen molar-refractivity contribution < 1.29 is 34.8 Å². The van der Waals surface area contributed by atoms with Crippen molar-refractivity contribution in [2.75, 3.05) is 0 Å². The topological polar surface area (TPSA) is 35.9 Å². The Kier molecular flexibility index (Phi) is 6.84. The number of imidazole rings is 1. The predicted molar refractivity (Wildman–Crippen MR) is 160 cm³/mol. The third-order valence-corrected chi connectivity index (χ3v) is 7.29. The van der Waals surface area contributed by atoms with Gasteiger partial charge in [0.25, 0.3) is 6.33 Å². The monoisotopic (exact) mass is 739 g/mol. The number of para-hydroxylation sites is 4. The Morgan fingerprint density at radius 1 is 0.698 bits per heavy atom. The van der Waals surface area contributed by atoms with Gasteiger partial charge >= 0.3 is 0 Å². The number of nitrogens with zero attached hydrogens (tertiary/aromatic N) is 4. The third kappa shape index (κ3) is 4.70. The van der Waals surface area contributed by atoms with Gasteiger partial charge in [-0.3, -0.25) is 4.57 Å². The van der Waals surface area contributed by atoms with E-state index < -0.39 is 0 Å². The van der Waals surface area contributed by atoms with Crippen molar-refractivity contribution in [1.82, 2.24) is 14.1 Å². The zero-order chi connectivity index (χ0) is 28.0. The molecule has 0 N–H and O–H groups in total. The van der Waals surface area contributed by atoms with Crippen LogP contribution in [0.1, 0.15) is 0 Å². The van der Waals surface area contributed by atoms with Gasteiger partial charge in [-0.2, -0.15) is 18.2 Å². The molecule has 0 amide bonds. The summed E-state index contributed by atoms with van der Waals surface area (Å²) in [6.45, 7) is 0. The number of halogens is 1. The number of hydrogen-bond acceptors (Lipinski definition) is 2. The Balaban J connectivity index is 0.00000300. The minimum absolute atomic E-state index is 0. The second-order valence-electron chi connectivity index (χ2n) is 9.87. The fourth-order valence-corrected chi connectivity index (χ4v) is 5.44. The molecule has 0 spiro atoms. The Bertz CT molecular complexity index is 2260. The second kappa shape index (κ2) is 11.0. The van der Waals surface area contributed by atoms with Crippen LogP contribution in [0, 0.1) is 24.3 Å². The van der Waals surface area contributed by atoms with E-state index in [1.165, 1.54) is 18.3 Å². The summed E-state index contributed by atoms with van der Waals surface area (Å²) < 4.78 is 26.4. The van der Waals surface area contributed by atoms with Crippen LogP contribution in [0.5, 0.6) is 11.5 Å². The van der Waals surface area contributed by atoms with E-state index in [0.29, 0.717) is 17.3 Å². The van der Waals surface area contributed by atoms with E-state index in [9.17, 15) is 4.39 Å². The molecule has 0 saturated carbocycles. The average molecular weight is 740 g/mol. The number of pyridine rings is 1. The summed E-state index contributed by atoms with van der Waals surface area (Å²) in [6, 6.07) is 45.5. The molecule has 5 nitrogen and oxygen atoms in total. The maximum Gasteiger partial charge on any atom is 0.268 e. The van der Waals surface area contributed by atoms with E-state index in [2.05, 4.69) is 47.7 Å². The molecule has 0 radical (unpaired) electrons. The molecule has 8 rings (SSSR count). The minimum atomic E-state index is -0.354. The SMILES string of the molecule is Fc1ccnc(-n2c3[c-]c(Oc4[c-]c(-n5[c-][n+](-c6ccccc6)c6ccccc65)ccc4)ccc3c3ccccc32)c1.[Pt]. The first-order valence-corrected chi connectivity index (χ1v) is 13.5. The second-order valence-corrected chi connectivity index (χ2v) is 9.87. The molecule has 210 valence electrons. The van der Waals surface area contributed by atoms with Gasteiger partial charge in [-0.05, 0) is 35.3 Å². The van der Waals surface area contributed by atoms with Gasteiger partial charge in [0.05, 0.1) is 16.7 Å². The molecule has 0 aliphatic carbocycles. The van der Waals surface area contributed by atoms with Crippen LogP contribution in [-0.2, 0) is 21.1 Å². The molecule has 3 aromatic heterocycles. The van der Waals surface area contributed by atoms with E-state index in [-0.39, 0.29) is 26.9 Å². The van der Waals surface area contributed by atoms with Crippen LogP contribution in [0.2, 0.25) is 0 Å². The summed E-state index contributed by atoms with van der Waals surface area (Å²) in [5, 5.41) is 2.00. The molecule has 7 heteroatoms. The van der Waals surface area contributed by atoms with Crippen LogP contribution in [-0.4, -0.2) is 14.1 Å². The Labute approximate surface area is 261 Å². The third-order valence-electron chi connectivity index (χ3n) is 7.29. The summed E-state index contributed by atoms with van der Waals surface area (Å²) in [4.78, 5) is 4.44. The van der Waals surface area contributed by atoms with Crippen molar-refractivity contribution >= 4 is 32.8 Å². The van der Waals surface area contributed by atoms with E-state index in [4.69, 9.17) is 4.74 Å². The van der Waals surface area contributed by atoms with Gasteiger partial charge in [-0.25, -0.2) is 9.37 Å². The fraction of sp³-hybridized carbons (Fsp3) is 0. The van der Waals surface area contributed by atoms with Gasteiger partial charge in [-0.1, -0.05) is 66.2 Å². The molecule has 3 heterocycles. The van der Waals surface area contributed by atoms with Crippen molar-refractivity contribution in [2.24, 2.45) is 0 Å². The molecule has 5 aromatic carbocycles. The number of aromatic nitrogens is 4. The molecular weight excluding hydrogens is 718 g/mol. The van der Waals surface area contributed by atoms with Crippen molar-refractivity contribution in [1.29, 1.82) is 0 Å². The minimum Gasteiger partial charge on any atom is -0.510 e. The smallest absolute Gasteiger partial charge is 0.268 e. The molecule has 0 aliphatic rings. The van der Waals surface area contributed by atoms with Crippen LogP contribution in [0.3, 0.4) is 0 Å². The molecule has 0 unspecified atom stereocenters. The number of rotatable bonds is 5. The zero-order valence-corrected chi connectivity index (χ0v) is 24.8. The van der Waals surface area contributed by atoms with Crippen LogP contribution in [0.15, 0.2) is 128 Å². The Morgan fingerprint density at radius 3 is 2.33 bits per heavy atom. The molecular formula is C36H21FN4OPt-2. The molecule has 0 fully saturated rings. The van der Waals surface area contributed by atoms with Gasteiger partial charge < -0.3 is 13.9 Å². The Morgan fingerprint density at radius 2 is 1.47 bits per heavy atom. The molecule has 0 saturated heterocycles. The quantitative estimate of drug-likeness (QED) is 0.134. The first kappa shape index (κ1) is 26.8. The molecule has 43 heavy (non-hydrogen) atoms. The summed E-state index contributed by atoms with van der Waals surface area (Å²) in [7, 11) is 0. The number of benzene rings is 5. The Hall–Kier alpha value is -5.06. The van der Waals surface area contributed by atoms with Crippen molar-refractivity contribution in [3.8, 4) is 28.7 Å². The normalized spacial score (nSPS) is 11.2. The van der Waals surface area contributed by atoms with Crippen LogP contribution in [0.25, 0.3) is 50.0 Å². The number of fused-ring (bicyclic) bond motifs is 4. The molecule has 0 bridgehead atoms. The zero-order valence-electron chi connectivity index (χ0n) is 22.5. The van der Waals surface area contributed by atoms with Crippen molar-refractivity contribution in [3.63, 3.8) is 0 Å². The van der Waals surface area contributed by atoms with Gasteiger partial charge in [0, 0.05) is 50.3 Å². The van der Waals surface area contributed by atoms with E-state index >= 15 is 0 Å². The first-order chi connectivity index (χ1) is 20.7. The van der Waals surface area contributed by atoms with Crippen molar-refractivity contribution in [2.45, 2.75) is 0 Å². The number of hydrogen-bond donors (Lipinski definition) is 0. The van der Waals surface area contributed by atoms with Crippen molar-refractivity contribution in [3.05, 3.63) is 152 Å². The van der Waals surface area contributed by atoms with E-state index in [1.54, 1.807) is 0 Å². The summed E-state index contributed by atoms with van der Waals surface area (Å²) in [6.07, 6.45) is 4.95. The molecule has 0 aliphatic heterocycles. The standard InChI is InChI=1S/C36H21FN4O.Pt/c37-25-19-20-38-36(21-25)41-32-14-5-4-13-30(32)31-18-17-29(23-35(31)41)42-28-12-8-11-27(22-28)40-24-39(26-9-2-1-3-10-26)33-15-6-7-16-34(33)40;/h1-21H;/q-2;. The largest absolute Gasteiger partial charge is 0.510 e. The van der Waals surface area contributed by atoms with Crippen LogP contribution >= 0.6 is 0 Å². The number of ether oxygens (including phenoxy) is 1. The van der Waals surface area contributed by atoms with Crippen LogP contribution < -0.4 is 9.30 Å². The van der Waals surface area contributed by atoms with E-state index in [0.717, 1.165) is 44.2 Å². The maximum absolute atomic E-state index is 14.2. The van der Waals surface area contributed by atoms with Gasteiger partial charge in [0.1, 0.15) is 11.6 Å². The summed E-state index contributed by atoms with van der Waals surface area (Å²) in [5.74, 6) is 1.17. The predicted octanol–water partition coefficient (Wildman–Crippen LogP) is 7.73. The van der Waals surface area contributed by atoms with Gasteiger partial charge in [0.2, 0.25) is 0 Å².